The molecular weight excluding hydrogens is 354 g/mol. The van der Waals surface area contributed by atoms with Crippen molar-refractivity contribution in [1.29, 1.82) is 0 Å². The molecule has 4 rings (SSSR count). The minimum atomic E-state index is -0.0579. The fourth-order valence-corrected chi connectivity index (χ4v) is 3.50. The number of methoxy groups -OCH3 is 1. The Hall–Kier alpha value is -3.28. The summed E-state index contributed by atoms with van der Waals surface area (Å²) >= 11 is 0. The van der Waals surface area contributed by atoms with Crippen LogP contribution in [0.3, 0.4) is 0 Å². The van der Waals surface area contributed by atoms with Gasteiger partial charge in [0.15, 0.2) is 11.5 Å². The van der Waals surface area contributed by atoms with Gasteiger partial charge in [0, 0.05) is 24.9 Å². The Morgan fingerprint density at radius 3 is 2.71 bits per heavy atom. The lowest BCUT2D eigenvalue weighted by molar-refractivity contribution is -0.116. The first-order valence-electron chi connectivity index (χ1n) is 9.23. The van der Waals surface area contributed by atoms with Crippen molar-refractivity contribution < 1.29 is 14.3 Å². The molecule has 2 aromatic carbocycles. The van der Waals surface area contributed by atoms with Crippen LogP contribution in [0, 0.1) is 6.92 Å². The number of rotatable bonds is 5. The first-order valence-corrected chi connectivity index (χ1v) is 9.23. The molecule has 6 nitrogen and oxygen atoms in total. The zero-order valence-corrected chi connectivity index (χ0v) is 16.2. The van der Waals surface area contributed by atoms with Crippen molar-refractivity contribution in [2.24, 2.45) is 7.05 Å². The minimum absolute atomic E-state index is 0.0141. The zero-order valence-electron chi connectivity index (χ0n) is 16.2. The number of nitrogens with one attached hydrogen (secondary N) is 1. The standard InChI is InChI=1S/C22H23N3O3/c1-14-4-6-15(7-5-14)13-28-19-9-8-16(10-20(19)27-3)17-11-21(26)24-22-18(17)12-23-25(22)2/h4-10,12,17H,11,13H2,1-3H3,(H,24,26). The Balaban J connectivity index is 1.58. The number of benzene rings is 2. The third kappa shape index (κ3) is 3.45. The van der Waals surface area contributed by atoms with Crippen molar-refractivity contribution in [2.45, 2.75) is 25.9 Å². The quantitative estimate of drug-likeness (QED) is 0.735. The Labute approximate surface area is 164 Å². The molecule has 2 heterocycles. The van der Waals surface area contributed by atoms with Crippen LogP contribution in [0.15, 0.2) is 48.7 Å². The number of anilines is 1. The van der Waals surface area contributed by atoms with E-state index in [1.807, 2.05) is 31.4 Å². The van der Waals surface area contributed by atoms with Crippen LogP contribution >= 0.6 is 0 Å². The SMILES string of the molecule is COc1cc(C2CC(=O)Nc3c2cnn3C)ccc1OCc1ccc(C)cc1. The molecule has 1 unspecified atom stereocenters. The molecule has 28 heavy (non-hydrogen) atoms. The van der Waals surface area contributed by atoms with E-state index in [2.05, 4.69) is 41.6 Å². The molecule has 0 saturated heterocycles. The molecule has 1 N–H and O–H groups in total. The summed E-state index contributed by atoms with van der Waals surface area (Å²) in [7, 11) is 3.45. The van der Waals surface area contributed by atoms with E-state index in [-0.39, 0.29) is 11.8 Å². The predicted molar refractivity (Wildman–Crippen MR) is 107 cm³/mol. The van der Waals surface area contributed by atoms with E-state index in [0.717, 1.165) is 22.5 Å². The first kappa shape index (κ1) is 18.1. The van der Waals surface area contributed by atoms with E-state index in [1.165, 1.54) is 5.56 Å². The summed E-state index contributed by atoms with van der Waals surface area (Å²) < 4.78 is 13.2. The average molecular weight is 377 g/mol. The van der Waals surface area contributed by atoms with Crippen LogP contribution in [0.5, 0.6) is 11.5 Å². The second-order valence-corrected chi connectivity index (χ2v) is 7.06. The topological polar surface area (TPSA) is 65.4 Å². The second kappa shape index (κ2) is 7.38. The van der Waals surface area contributed by atoms with Gasteiger partial charge in [0.05, 0.1) is 13.3 Å². The van der Waals surface area contributed by atoms with Gasteiger partial charge in [-0.2, -0.15) is 5.10 Å². The first-order chi connectivity index (χ1) is 13.5. The molecule has 0 bridgehead atoms. The van der Waals surface area contributed by atoms with Crippen LogP contribution < -0.4 is 14.8 Å². The molecule has 0 fully saturated rings. The summed E-state index contributed by atoms with van der Waals surface area (Å²) in [4.78, 5) is 12.2. The van der Waals surface area contributed by atoms with Gasteiger partial charge in [-0.1, -0.05) is 35.9 Å². The zero-order chi connectivity index (χ0) is 19.7. The maximum absolute atomic E-state index is 12.2. The molecule has 0 spiro atoms. The van der Waals surface area contributed by atoms with Gasteiger partial charge in [-0.3, -0.25) is 9.48 Å². The van der Waals surface area contributed by atoms with E-state index in [0.29, 0.717) is 24.5 Å². The van der Waals surface area contributed by atoms with Gasteiger partial charge >= 0.3 is 0 Å². The number of fused-ring (bicyclic) bond motifs is 1. The number of amides is 1. The average Bonchev–Trinajstić information content (AvgIpc) is 3.07. The molecule has 1 amide bonds. The largest absolute Gasteiger partial charge is 0.493 e. The molecular formula is C22H23N3O3. The number of ether oxygens (including phenoxy) is 2. The number of nitrogens with zero attached hydrogens (tertiary/aromatic N) is 2. The van der Waals surface area contributed by atoms with Crippen LogP contribution in [-0.4, -0.2) is 22.8 Å². The van der Waals surface area contributed by atoms with Gasteiger partial charge in [0.25, 0.3) is 0 Å². The van der Waals surface area contributed by atoms with E-state index in [9.17, 15) is 4.79 Å². The molecule has 1 aliphatic rings. The molecule has 1 atom stereocenters. The molecule has 144 valence electrons. The molecule has 1 aromatic heterocycles. The highest BCUT2D eigenvalue weighted by Gasteiger charge is 2.29. The van der Waals surface area contributed by atoms with Crippen molar-refractivity contribution in [3.8, 4) is 11.5 Å². The fraction of sp³-hybridized carbons (Fsp3) is 0.273. The number of carbonyl (C=O) groups is 1. The molecule has 0 aliphatic carbocycles. The van der Waals surface area contributed by atoms with E-state index in [4.69, 9.17) is 9.47 Å². The fourth-order valence-electron chi connectivity index (χ4n) is 3.50. The molecule has 3 aromatic rings. The molecule has 1 aliphatic heterocycles. The van der Waals surface area contributed by atoms with Crippen LogP contribution in [0.1, 0.15) is 34.6 Å². The lowest BCUT2D eigenvalue weighted by Crippen LogP contribution is -2.24. The number of aromatic nitrogens is 2. The molecule has 0 radical (unpaired) electrons. The Bertz CT molecular complexity index is 1010. The van der Waals surface area contributed by atoms with Crippen molar-refractivity contribution in [3.05, 3.63) is 70.9 Å². The van der Waals surface area contributed by atoms with E-state index in [1.54, 1.807) is 11.8 Å². The maximum atomic E-state index is 12.2. The van der Waals surface area contributed by atoms with Crippen molar-refractivity contribution in [2.75, 3.05) is 12.4 Å². The van der Waals surface area contributed by atoms with Gasteiger partial charge in [0.2, 0.25) is 5.91 Å². The minimum Gasteiger partial charge on any atom is -0.493 e. The lowest BCUT2D eigenvalue weighted by Gasteiger charge is -2.24. The van der Waals surface area contributed by atoms with Crippen molar-refractivity contribution >= 4 is 11.7 Å². The van der Waals surface area contributed by atoms with Gasteiger partial charge in [-0.25, -0.2) is 0 Å². The number of carbonyl (C=O) groups excluding carboxylic acids is 1. The van der Waals surface area contributed by atoms with Gasteiger partial charge < -0.3 is 14.8 Å². The van der Waals surface area contributed by atoms with Crippen LogP contribution in [0.2, 0.25) is 0 Å². The van der Waals surface area contributed by atoms with Crippen molar-refractivity contribution in [3.63, 3.8) is 0 Å². The highest BCUT2D eigenvalue weighted by molar-refractivity contribution is 5.94. The maximum Gasteiger partial charge on any atom is 0.226 e. The summed E-state index contributed by atoms with van der Waals surface area (Å²) in [6.07, 6.45) is 2.19. The summed E-state index contributed by atoms with van der Waals surface area (Å²) in [6, 6.07) is 14.1. The normalized spacial score (nSPS) is 15.7. The second-order valence-electron chi connectivity index (χ2n) is 7.06. The van der Waals surface area contributed by atoms with Crippen LogP contribution in [0.25, 0.3) is 0 Å². The third-order valence-corrected chi connectivity index (χ3v) is 5.09. The molecule has 0 saturated carbocycles. The summed E-state index contributed by atoms with van der Waals surface area (Å²) in [5.74, 6) is 2.01. The smallest absolute Gasteiger partial charge is 0.226 e. The van der Waals surface area contributed by atoms with Gasteiger partial charge in [-0.15, -0.1) is 0 Å². The van der Waals surface area contributed by atoms with Crippen LogP contribution in [-0.2, 0) is 18.4 Å². The Morgan fingerprint density at radius 1 is 1.18 bits per heavy atom. The number of aryl methyl sites for hydroxylation is 2. The Kier molecular flexibility index (Phi) is 4.77. The Morgan fingerprint density at radius 2 is 1.96 bits per heavy atom. The third-order valence-electron chi connectivity index (χ3n) is 5.09. The highest BCUT2D eigenvalue weighted by atomic mass is 16.5. The summed E-state index contributed by atoms with van der Waals surface area (Å²) in [6.45, 7) is 2.53. The summed E-state index contributed by atoms with van der Waals surface area (Å²) in [5, 5.41) is 7.18. The van der Waals surface area contributed by atoms with E-state index < -0.39 is 0 Å². The van der Waals surface area contributed by atoms with Crippen LogP contribution in [0.4, 0.5) is 5.82 Å². The monoisotopic (exact) mass is 377 g/mol. The van der Waals surface area contributed by atoms with Gasteiger partial charge in [0.1, 0.15) is 12.4 Å². The highest BCUT2D eigenvalue weighted by Crippen LogP contribution is 2.40. The number of hydrogen-bond donors (Lipinski definition) is 1. The lowest BCUT2D eigenvalue weighted by atomic mass is 9.87. The van der Waals surface area contributed by atoms with Gasteiger partial charge in [-0.05, 0) is 30.2 Å². The predicted octanol–water partition coefficient (Wildman–Crippen LogP) is 3.79. The van der Waals surface area contributed by atoms with E-state index >= 15 is 0 Å². The molecule has 6 heteroatoms. The summed E-state index contributed by atoms with van der Waals surface area (Å²) in [5.41, 5.74) is 4.33. The number of hydrogen-bond acceptors (Lipinski definition) is 4. The van der Waals surface area contributed by atoms with Crippen molar-refractivity contribution in [1.82, 2.24) is 9.78 Å².